The van der Waals surface area contributed by atoms with Gasteiger partial charge in [0.05, 0.1) is 17.1 Å². The third-order valence-electron chi connectivity index (χ3n) is 4.27. The van der Waals surface area contributed by atoms with Crippen molar-refractivity contribution in [3.63, 3.8) is 0 Å². The standard InChI is InChI=1S/C18H18ClF3N4O/c19-14-4-5-16(23-11-14)24-17(27)12-25-6-8-26(9-7-25)15-3-1-2-13(10-15)18(20,21)22/h1-5,10-11H,6-9,12H2,(H,23,24,27). The van der Waals surface area contributed by atoms with Crippen molar-refractivity contribution in [2.45, 2.75) is 6.18 Å². The summed E-state index contributed by atoms with van der Waals surface area (Å²) in [6, 6.07) is 8.56. The Morgan fingerprint density at radius 1 is 1.15 bits per heavy atom. The smallest absolute Gasteiger partial charge is 0.369 e. The zero-order valence-corrected chi connectivity index (χ0v) is 15.1. The summed E-state index contributed by atoms with van der Waals surface area (Å²) < 4.78 is 38.6. The van der Waals surface area contributed by atoms with Crippen LogP contribution in [-0.2, 0) is 11.0 Å². The molecule has 0 saturated carbocycles. The molecular weight excluding hydrogens is 381 g/mol. The molecule has 0 atom stereocenters. The minimum Gasteiger partial charge on any atom is -0.369 e. The van der Waals surface area contributed by atoms with Crippen molar-refractivity contribution in [1.29, 1.82) is 0 Å². The van der Waals surface area contributed by atoms with Gasteiger partial charge >= 0.3 is 6.18 Å². The van der Waals surface area contributed by atoms with E-state index in [0.717, 1.165) is 12.1 Å². The second-order valence-electron chi connectivity index (χ2n) is 6.22. The minimum absolute atomic E-state index is 0.195. The van der Waals surface area contributed by atoms with Crippen LogP contribution in [0.25, 0.3) is 0 Å². The summed E-state index contributed by atoms with van der Waals surface area (Å²) in [5.41, 5.74) is -0.114. The average Bonchev–Trinajstić information content (AvgIpc) is 2.64. The van der Waals surface area contributed by atoms with E-state index >= 15 is 0 Å². The van der Waals surface area contributed by atoms with E-state index in [1.807, 2.05) is 9.80 Å². The van der Waals surface area contributed by atoms with Crippen molar-refractivity contribution in [3.8, 4) is 0 Å². The fraction of sp³-hybridized carbons (Fsp3) is 0.333. The number of anilines is 2. The lowest BCUT2D eigenvalue weighted by molar-refractivity contribution is -0.137. The van der Waals surface area contributed by atoms with Gasteiger partial charge in [-0.25, -0.2) is 4.98 Å². The van der Waals surface area contributed by atoms with E-state index in [2.05, 4.69) is 10.3 Å². The third kappa shape index (κ3) is 5.33. The van der Waals surface area contributed by atoms with Crippen LogP contribution in [0.4, 0.5) is 24.7 Å². The first kappa shape index (κ1) is 19.4. The van der Waals surface area contributed by atoms with Gasteiger partial charge in [-0.3, -0.25) is 9.69 Å². The van der Waals surface area contributed by atoms with Crippen LogP contribution in [0.1, 0.15) is 5.56 Å². The second-order valence-corrected chi connectivity index (χ2v) is 6.66. The highest BCUT2D eigenvalue weighted by molar-refractivity contribution is 6.30. The maximum absolute atomic E-state index is 12.9. The van der Waals surface area contributed by atoms with Gasteiger partial charge in [0.25, 0.3) is 0 Å². The number of rotatable bonds is 4. The number of nitrogens with zero attached hydrogens (tertiary/aromatic N) is 3. The van der Waals surface area contributed by atoms with Crippen LogP contribution in [0.3, 0.4) is 0 Å². The number of amides is 1. The molecule has 0 aliphatic carbocycles. The number of piperazine rings is 1. The lowest BCUT2D eigenvalue weighted by Crippen LogP contribution is -2.48. The number of alkyl halides is 3. The number of nitrogens with one attached hydrogen (secondary N) is 1. The molecule has 144 valence electrons. The number of carbonyl (C=O) groups excluding carboxylic acids is 1. The molecule has 0 radical (unpaired) electrons. The molecule has 1 N–H and O–H groups in total. The lowest BCUT2D eigenvalue weighted by atomic mass is 10.1. The average molecular weight is 399 g/mol. The highest BCUT2D eigenvalue weighted by Gasteiger charge is 2.31. The number of pyridine rings is 1. The number of carbonyl (C=O) groups is 1. The molecule has 0 bridgehead atoms. The fourth-order valence-corrected chi connectivity index (χ4v) is 2.99. The molecule has 1 amide bonds. The first-order chi connectivity index (χ1) is 12.8. The van der Waals surface area contributed by atoms with Crippen molar-refractivity contribution >= 4 is 29.0 Å². The summed E-state index contributed by atoms with van der Waals surface area (Å²) in [4.78, 5) is 20.0. The molecule has 1 saturated heterocycles. The quantitative estimate of drug-likeness (QED) is 0.856. The summed E-state index contributed by atoms with van der Waals surface area (Å²) in [5.74, 6) is 0.226. The lowest BCUT2D eigenvalue weighted by Gasteiger charge is -2.35. The molecule has 3 rings (SSSR count). The van der Waals surface area contributed by atoms with Crippen LogP contribution in [0, 0.1) is 0 Å². The Morgan fingerprint density at radius 3 is 2.52 bits per heavy atom. The van der Waals surface area contributed by atoms with Gasteiger partial charge in [-0.1, -0.05) is 17.7 Å². The summed E-state index contributed by atoms with van der Waals surface area (Å²) in [6.07, 6.45) is -2.91. The van der Waals surface area contributed by atoms with Gasteiger partial charge in [-0.05, 0) is 30.3 Å². The van der Waals surface area contributed by atoms with Crippen molar-refractivity contribution in [2.75, 3.05) is 42.9 Å². The predicted octanol–water partition coefficient (Wildman–Crippen LogP) is 3.51. The van der Waals surface area contributed by atoms with E-state index in [9.17, 15) is 18.0 Å². The summed E-state index contributed by atoms with van der Waals surface area (Å²) in [6.45, 7) is 2.46. The molecule has 1 fully saturated rings. The Hall–Kier alpha value is -2.32. The zero-order chi connectivity index (χ0) is 19.4. The minimum atomic E-state index is -4.36. The van der Waals surface area contributed by atoms with Crippen LogP contribution >= 0.6 is 11.6 Å². The molecule has 2 heterocycles. The van der Waals surface area contributed by atoms with E-state index in [0.29, 0.717) is 42.7 Å². The SMILES string of the molecule is O=C(CN1CCN(c2cccc(C(F)(F)F)c2)CC1)Nc1ccc(Cl)cn1. The zero-order valence-electron chi connectivity index (χ0n) is 14.3. The van der Waals surface area contributed by atoms with Crippen LogP contribution in [0.2, 0.25) is 5.02 Å². The van der Waals surface area contributed by atoms with Crippen LogP contribution < -0.4 is 10.2 Å². The third-order valence-corrected chi connectivity index (χ3v) is 4.50. The first-order valence-corrected chi connectivity index (χ1v) is 8.75. The monoisotopic (exact) mass is 398 g/mol. The molecule has 0 unspecified atom stereocenters. The number of halogens is 4. The van der Waals surface area contributed by atoms with Crippen molar-refractivity contribution < 1.29 is 18.0 Å². The van der Waals surface area contributed by atoms with E-state index in [1.54, 1.807) is 18.2 Å². The topological polar surface area (TPSA) is 48.5 Å². The Balaban J connectivity index is 1.51. The molecule has 0 spiro atoms. The molecule has 1 aliphatic rings. The number of hydrogen-bond donors (Lipinski definition) is 1. The highest BCUT2D eigenvalue weighted by Crippen LogP contribution is 2.31. The maximum atomic E-state index is 12.9. The Kier molecular flexibility index (Phi) is 5.86. The van der Waals surface area contributed by atoms with Crippen LogP contribution in [0.15, 0.2) is 42.6 Å². The van der Waals surface area contributed by atoms with E-state index < -0.39 is 11.7 Å². The van der Waals surface area contributed by atoms with Gasteiger partial charge in [0.2, 0.25) is 5.91 Å². The highest BCUT2D eigenvalue weighted by atomic mass is 35.5. The van der Waals surface area contributed by atoms with Crippen LogP contribution in [-0.4, -0.2) is 48.5 Å². The van der Waals surface area contributed by atoms with Crippen molar-refractivity contribution in [2.24, 2.45) is 0 Å². The Morgan fingerprint density at radius 2 is 1.89 bits per heavy atom. The van der Waals surface area contributed by atoms with E-state index in [1.165, 1.54) is 12.3 Å². The Bertz CT molecular complexity index is 790. The van der Waals surface area contributed by atoms with Gasteiger partial charge in [0, 0.05) is 38.1 Å². The molecule has 27 heavy (non-hydrogen) atoms. The summed E-state index contributed by atoms with van der Waals surface area (Å²) in [7, 11) is 0. The number of aromatic nitrogens is 1. The fourth-order valence-electron chi connectivity index (χ4n) is 2.88. The molecule has 9 heteroatoms. The maximum Gasteiger partial charge on any atom is 0.416 e. The second kappa shape index (κ2) is 8.14. The van der Waals surface area contributed by atoms with Crippen LogP contribution in [0.5, 0.6) is 0 Å². The van der Waals surface area contributed by atoms with Crippen molar-refractivity contribution in [3.05, 3.63) is 53.2 Å². The van der Waals surface area contributed by atoms with Gasteiger partial charge in [-0.2, -0.15) is 13.2 Å². The molecule has 1 aliphatic heterocycles. The van der Waals surface area contributed by atoms with Crippen molar-refractivity contribution in [1.82, 2.24) is 9.88 Å². The normalized spacial score (nSPS) is 15.6. The van der Waals surface area contributed by atoms with Gasteiger partial charge in [0.15, 0.2) is 0 Å². The molecule has 2 aromatic rings. The van der Waals surface area contributed by atoms with Gasteiger partial charge in [0.1, 0.15) is 5.82 Å². The number of hydrogen-bond acceptors (Lipinski definition) is 4. The molecular formula is C18H18ClF3N4O. The van der Waals surface area contributed by atoms with E-state index in [4.69, 9.17) is 11.6 Å². The van der Waals surface area contributed by atoms with Gasteiger partial charge < -0.3 is 10.2 Å². The van der Waals surface area contributed by atoms with Gasteiger partial charge in [-0.15, -0.1) is 0 Å². The predicted molar refractivity (Wildman–Crippen MR) is 98.0 cm³/mol. The van der Waals surface area contributed by atoms with E-state index in [-0.39, 0.29) is 12.5 Å². The largest absolute Gasteiger partial charge is 0.416 e. The summed E-state index contributed by atoms with van der Waals surface area (Å²) in [5, 5.41) is 3.18. The first-order valence-electron chi connectivity index (χ1n) is 8.37. The summed E-state index contributed by atoms with van der Waals surface area (Å²) >= 11 is 5.75. The Labute approximate surface area is 159 Å². The molecule has 1 aromatic carbocycles. The molecule has 5 nitrogen and oxygen atoms in total. The molecule has 1 aromatic heterocycles. The number of benzene rings is 1.